The van der Waals surface area contributed by atoms with Crippen LogP contribution in [0.15, 0.2) is 46.0 Å². The van der Waals surface area contributed by atoms with E-state index in [0.717, 1.165) is 0 Å². The first-order valence-corrected chi connectivity index (χ1v) is 8.83. The molecule has 120 valence electrons. The number of aryl methyl sites for hydroxylation is 2. The van der Waals surface area contributed by atoms with Gasteiger partial charge in [-0.15, -0.1) is 0 Å². The average molecular weight is 333 g/mol. The first kappa shape index (κ1) is 15.4. The standard InChI is InChI=1S/C15H15N3O4S/c1-11-8-12(22-17-11)9-23(20,21)7-6-18-10-16-14-5-3-2-4-13(14)15(18)19/h2-5,8,10H,6-7,9H2,1H3. The molecule has 0 fully saturated rings. The van der Waals surface area contributed by atoms with Crippen molar-refractivity contribution in [1.29, 1.82) is 0 Å². The Bertz CT molecular complexity index is 1000. The summed E-state index contributed by atoms with van der Waals surface area (Å²) in [5.41, 5.74) is 0.972. The summed E-state index contributed by atoms with van der Waals surface area (Å²) in [7, 11) is -3.41. The largest absolute Gasteiger partial charge is 0.360 e. The zero-order valence-corrected chi connectivity index (χ0v) is 13.3. The summed E-state index contributed by atoms with van der Waals surface area (Å²) >= 11 is 0. The van der Waals surface area contributed by atoms with Crippen LogP contribution >= 0.6 is 0 Å². The number of benzene rings is 1. The first-order chi connectivity index (χ1) is 10.9. The highest BCUT2D eigenvalue weighted by Gasteiger charge is 2.16. The first-order valence-electron chi connectivity index (χ1n) is 7.01. The van der Waals surface area contributed by atoms with Gasteiger partial charge in [0, 0.05) is 12.6 Å². The van der Waals surface area contributed by atoms with Crippen LogP contribution in [0.3, 0.4) is 0 Å². The predicted octanol–water partition coefficient (Wildman–Crippen LogP) is 1.31. The van der Waals surface area contributed by atoms with Gasteiger partial charge in [0.25, 0.3) is 5.56 Å². The van der Waals surface area contributed by atoms with Gasteiger partial charge in [-0.3, -0.25) is 9.36 Å². The van der Waals surface area contributed by atoms with Gasteiger partial charge >= 0.3 is 0 Å². The highest BCUT2D eigenvalue weighted by Crippen LogP contribution is 2.09. The molecule has 7 nitrogen and oxygen atoms in total. The minimum atomic E-state index is -3.41. The summed E-state index contributed by atoms with van der Waals surface area (Å²) in [5.74, 6) is -0.109. The quantitative estimate of drug-likeness (QED) is 0.698. The van der Waals surface area contributed by atoms with Crippen molar-refractivity contribution in [2.24, 2.45) is 0 Å². The van der Waals surface area contributed by atoms with E-state index in [1.807, 2.05) is 0 Å². The molecule has 0 radical (unpaired) electrons. The lowest BCUT2D eigenvalue weighted by Gasteiger charge is -2.06. The smallest absolute Gasteiger partial charge is 0.261 e. The van der Waals surface area contributed by atoms with E-state index < -0.39 is 9.84 Å². The van der Waals surface area contributed by atoms with Crippen LogP contribution in [0, 0.1) is 6.92 Å². The van der Waals surface area contributed by atoms with Crippen LogP contribution in [-0.4, -0.2) is 28.9 Å². The fraction of sp³-hybridized carbons (Fsp3) is 0.267. The van der Waals surface area contributed by atoms with Crippen molar-refractivity contribution in [3.63, 3.8) is 0 Å². The molecule has 3 aromatic rings. The van der Waals surface area contributed by atoms with E-state index in [-0.39, 0.29) is 23.6 Å². The van der Waals surface area contributed by atoms with Crippen molar-refractivity contribution in [2.45, 2.75) is 19.2 Å². The number of nitrogens with zero attached hydrogens (tertiary/aromatic N) is 3. The summed E-state index contributed by atoms with van der Waals surface area (Å²) in [6.45, 7) is 1.77. The summed E-state index contributed by atoms with van der Waals surface area (Å²) < 4.78 is 30.5. The molecule has 0 atom stereocenters. The number of sulfone groups is 1. The van der Waals surface area contributed by atoms with Gasteiger partial charge in [-0.2, -0.15) is 0 Å². The molecule has 0 bridgehead atoms. The van der Waals surface area contributed by atoms with Crippen LogP contribution < -0.4 is 5.56 Å². The Morgan fingerprint density at radius 2 is 2.04 bits per heavy atom. The molecule has 0 N–H and O–H groups in total. The van der Waals surface area contributed by atoms with E-state index >= 15 is 0 Å². The summed E-state index contributed by atoms with van der Waals surface area (Å²) in [4.78, 5) is 16.5. The fourth-order valence-corrected chi connectivity index (χ4v) is 3.46. The van der Waals surface area contributed by atoms with Crippen LogP contribution in [0.4, 0.5) is 0 Å². The molecule has 3 rings (SSSR count). The number of fused-ring (bicyclic) bond motifs is 1. The maximum absolute atomic E-state index is 12.3. The highest BCUT2D eigenvalue weighted by atomic mass is 32.2. The number of hydrogen-bond acceptors (Lipinski definition) is 6. The van der Waals surface area contributed by atoms with E-state index in [1.54, 1.807) is 37.3 Å². The van der Waals surface area contributed by atoms with Crippen molar-refractivity contribution < 1.29 is 12.9 Å². The molecule has 2 heterocycles. The number of rotatable bonds is 5. The Kier molecular flexibility index (Phi) is 3.99. The van der Waals surface area contributed by atoms with E-state index in [2.05, 4.69) is 10.1 Å². The van der Waals surface area contributed by atoms with Crippen LogP contribution in [0.5, 0.6) is 0 Å². The normalized spacial score (nSPS) is 11.9. The monoisotopic (exact) mass is 333 g/mol. The lowest BCUT2D eigenvalue weighted by molar-refractivity contribution is 0.388. The molecule has 0 amide bonds. The Morgan fingerprint density at radius 1 is 1.26 bits per heavy atom. The third-order valence-corrected chi connectivity index (χ3v) is 4.94. The molecule has 0 spiro atoms. The number of hydrogen-bond donors (Lipinski definition) is 0. The molecule has 0 aliphatic carbocycles. The second-order valence-corrected chi connectivity index (χ2v) is 7.47. The fourth-order valence-electron chi connectivity index (χ4n) is 2.28. The Morgan fingerprint density at radius 3 is 2.78 bits per heavy atom. The van der Waals surface area contributed by atoms with E-state index in [4.69, 9.17) is 4.52 Å². The minimum Gasteiger partial charge on any atom is -0.360 e. The van der Waals surface area contributed by atoms with Crippen LogP contribution in [0.1, 0.15) is 11.5 Å². The molecule has 0 saturated heterocycles. The summed E-state index contributed by atoms with van der Waals surface area (Å²) in [5, 5.41) is 4.13. The van der Waals surface area contributed by atoms with Gasteiger partial charge in [0.05, 0.1) is 28.7 Å². The molecule has 0 aliphatic heterocycles. The van der Waals surface area contributed by atoms with Crippen molar-refractivity contribution >= 4 is 20.7 Å². The molecular formula is C15H15N3O4S. The molecular weight excluding hydrogens is 318 g/mol. The maximum Gasteiger partial charge on any atom is 0.261 e. The summed E-state index contributed by atoms with van der Waals surface area (Å²) in [6, 6.07) is 8.54. The zero-order chi connectivity index (χ0) is 16.4. The molecule has 1 aromatic carbocycles. The predicted molar refractivity (Wildman–Crippen MR) is 84.7 cm³/mol. The van der Waals surface area contributed by atoms with Crippen LogP contribution in [-0.2, 0) is 22.1 Å². The van der Waals surface area contributed by atoms with Gasteiger partial charge in [-0.05, 0) is 19.1 Å². The van der Waals surface area contributed by atoms with Gasteiger partial charge in [0.15, 0.2) is 15.6 Å². The molecule has 0 unspecified atom stereocenters. The minimum absolute atomic E-state index is 0.0477. The maximum atomic E-state index is 12.3. The third-order valence-electron chi connectivity index (χ3n) is 3.41. The van der Waals surface area contributed by atoms with Crippen molar-refractivity contribution in [3.05, 3.63) is 58.5 Å². The molecule has 0 saturated carbocycles. The van der Waals surface area contributed by atoms with Crippen molar-refractivity contribution in [1.82, 2.24) is 14.7 Å². The van der Waals surface area contributed by atoms with Gasteiger partial charge in [-0.25, -0.2) is 13.4 Å². The van der Waals surface area contributed by atoms with Gasteiger partial charge in [-0.1, -0.05) is 17.3 Å². The topological polar surface area (TPSA) is 95.1 Å². The van der Waals surface area contributed by atoms with Crippen molar-refractivity contribution in [2.75, 3.05) is 5.75 Å². The lowest BCUT2D eigenvalue weighted by atomic mass is 10.2. The van der Waals surface area contributed by atoms with E-state index in [0.29, 0.717) is 22.4 Å². The second kappa shape index (κ2) is 5.96. The van der Waals surface area contributed by atoms with Gasteiger partial charge < -0.3 is 4.52 Å². The number of aromatic nitrogens is 3. The van der Waals surface area contributed by atoms with Crippen LogP contribution in [0.25, 0.3) is 10.9 Å². The van der Waals surface area contributed by atoms with Crippen LogP contribution in [0.2, 0.25) is 0 Å². The Hall–Kier alpha value is -2.48. The van der Waals surface area contributed by atoms with Gasteiger partial charge in [0.2, 0.25) is 0 Å². The Labute approximate surface area is 132 Å². The van der Waals surface area contributed by atoms with Crippen molar-refractivity contribution in [3.8, 4) is 0 Å². The van der Waals surface area contributed by atoms with Gasteiger partial charge in [0.1, 0.15) is 5.75 Å². The average Bonchev–Trinajstić information content (AvgIpc) is 2.91. The molecule has 23 heavy (non-hydrogen) atoms. The van der Waals surface area contributed by atoms with E-state index in [9.17, 15) is 13.2 Å². The zero-order valence-electron chi connectivity index (χ0n) is 12.5. The van der Waals surface area contributed by atoms with E-state index in [1.165, 1.54) is 10.9 Å². The second-order valence-electron chi connectivity index (χ2n) is 5.29. The number of para-hydroxylation sites is 1. The molecule has 8 heteroatoms. The SMILES string of the molecule is Cc1cc(CS(=O)(=O)CCn2cnc3ccccc3c2=O)on1. The summed E-state index contributed by atoms with van der Waals surface area (Å²) in [6.07, 6.45) is 1.37. The molecule has 2 aromatic heterocycles. The Balaban J connectivity index is 1.77. The molecule has 0 aliphatic rings. The third kappa shape index (κ3) is 3.48. The highest BCUT2D eigenvalue weighted by molar-refractivity contribution is 7.90. The lowest BCUT2D eigenvalue weighted by Crippen LogP contribution is -2.25.